The Kier molecular flexibility index (Phi) is 4.40. The number of rotatable bonds is 5. The molecule has 0 radical (unpaired) electrons. The second-order valence-corrected chi connectivity index (χ2v) is 7.05. The number of fused-ring (bicyclic) bond motifs is 1. The van der Waals surface area contributed by atoms with Crippen LogP contribution < -0.4 is 0 Å². The summed E-state index contributed by atoms with van der Waals surface area (Å²) in [6.07, 6.45) is 4.25. The van der Waals surface area contributed by atoms with Gasteiger partial charge in [0.15, 0.2) is 5.76 Å². The maximum Gasteiger partial charge on any atom is 0.238 e. The molecule has 1 amide bonds. The Bertz CT molecular complexity index is 853. The third-order valence-corrected chi connectivity index (χ3v) is 5.56. The molecular formula is C18H19N3O3S. The highest BCUT2D eigenvalue weighted by molar-refractivity contribution is 7.10. The van der Waals surface area contributed by atoms with Gasteiger partial charge in [-0.2, -0.15) is 4.98 Å². The fraction of sp³-hybridized carbons (Fsp3) is 0.389. The van der Waals surface area contributed by atoms with Crippen LogP contribution in [0.15, 0.2) is 38.8 Å². The van der Waals surface area contributed by atoms with Crippen LogP contribution in [-0.2, 0) is 17.6 Å². The van der Waals surface area contributed by atoms with Gasteiger partial charge in [-0.15, -0.1) is 11.3 Å². The fourth-order valence-corrected chi connectivity index (χ4v) is 4.28. The van der Waals surface area contributed by atoms with Crippen molar-refractivity contribution >= 4 is 17.2 Å². The van der Waals surface area contributed by atoms with E-state index in [0.29, 0.717) is 30.3 Å². The molecule has 6 nitrogen and oxygen atoms in total. The Hall–Kier alpha value is -2.41. The average Bonchev–Trinajstić information content (AvgIpc) is 3.39. The third kappa shape index (κ3) is 3.11. The number of aromatic nitrogens is 2. The van der Waals surface area contributed by atoms with Crippen molar-refractivity contribution < 1.29 is 13.7 Å². The topological polar surface area (TPSA) is 72.4 Å². The van der Waals surface area contributed by atoms with Crippen molar-refractivity contribution in [1.82, 2.24) is 15.0 Å². The number of thiophene rings is 1. The number of hydrogen-bond acceptors (Lipinski definition) is 6. The summed E-state index contributed by atoms with van der Waals surface area (Å²) >= 11 is 1.79. The molecule has 0 bridgehead atoms. The Morgan fingerprint density at radius 3 is 3.16 bits per heavy atom. The predicted molar refractivity (Wildman–Crippen MR) is 93.1 cm³/mol. The summed E-state index contributed by atoms with van der Waals surface area (Å²) in [5.74, 6) is 1.58. The minimum atomic E-state index is 0.140. The number of carbonyl (C=O) groups is 1. The minimum Gasteiger partial charge on any atom is -0.461 e. The van der Waals surface area contributed by atoms with Gasteiger partial charge in [-0.3, -0.25) is 4.79 Å². The van der Waals surface area contributed by atoms with E-state index in [0.717, 1.165) is 19.4 Å². The van der Waals surface area contributed by atoms with Crippen LogP contribution in [0.5, 0.6) is 0 Å². The highest BCUT2D eigenvalue weighted by atomic mass is 32.1. The van der Waals surface area contributed by atoms with E-state index in [4.69, 9.17) is 8.94 Å². The molecule has 0 aromatic carbocycles. The summed E-state index contributed by atoms with van der Waals surface area (Å²) in [6.45, 7) is 2.91. The van der Waals surface area contributed by atoms with Crippen molar-refractivity contribution in [2.24, 2.45) is 0 Å². The number of amides is 1. The van der Waals surface area contributed by atoms with Crippen LogP contribution in [-0.4, -0.2) is 27.5 Å². The molecule has 0 N–H and O–H groups in total. The van der Waals surface area contributed by atoms with Gasteiger partial charge in [-0.1, -0.05) is 12.1 Å². The van der Waals surface area contributed by atoms with E-state index in [9.17, 15) is 4.79 Å². The molecule has 0 fully saturated rings. The van der Waals surface area contributed by atoms with Crippen LogP contribution in [0.25, 0.3) is 11.6 Å². The molecule has 0 spiro atoms. The summed E-state index contributed by atoms with van der Waals surface area (Å²) in [4.78, 5) is 20.4. The maximum absolute atomic E-state index is 12.7. The van der Waals surface area contributed by atoms with Crippen molar-refractivity contribution in [3.63, 3.8) is 0 Å². The largest absolute Gasteiger partial charge is 0.461 e. The van der Waals surface area contributed by atoms with Gasteiger partial charge in [-0.05, 0) is 42.0 Å². The van der Waals surface area contributed by atoms with Crippen molar-refractivity contribution in [2.45, 2.75) is 38.6 Å². The van der Waals surface area contributed by atoms with Gasteiger partial charge in [0.1, 0.15) is 0 Å². The molecule has 130 valence electrons. The van der Waals surface area contributed by atoms with E-state index in [1.807, 2.05) is 4.90 Å². The molecule has 1 aliphatic heterocycles. The summed E-state index contributed by atoms with van der Waals surface area (Å²) in [6, 6.07) is 5.89. The quantitative estimate of drug-likeness (QED) is 0.693. The summed E-state index contributed by atoms with van der Waals surface area (Å²) in [7, 11) is 0. The van der Waals surface area contributed by atoms with Crippen LogP contribution in [0, 0.1) is 0 Å². The lowest BCUT2D eigenvalue weighted by Crippen LogP contribution is -2.39. The molecule has 1 unspecified atom stereocenters. The molecule has 7 heteroatoms. The highest BCUT2D eigenvalue weighted by Gasteiger charge is 2.30. The van der Waals surface area contributed by atoms with E-state index in [-0.39, 0.29) is 11.9 Å². The maximum atomic E-state index is 12.7. The second kappa shape index (κ2) is 6.84. The standard InChI is InChI=1S/C18H19N3O3S/c1-2-13-12-8-11-25-15(12)7-9-21(13)17(22)6-5-16-19-18(20-24-16)14-4-3-10-23-14/h3-4,8,10-11,13H,2,5-7,9H2,1H3. The van der Waals surface area contributed by atoms with Crippen LogP contribution in [0.4, 0.5) is 0 Å². The van der Waals surface area contributed by atoms with E-state index in [1.165, 1.54) is 10.4 Å². The first-order valence-electron chi connectivity index (χ1n) is 8.48. The zero-order chi connectivity index (χ0) is 17.2. The first-order valence-corrected chi connectivity index (χ1v) is 9.36. The molecule has 3 aromatic rings. The zero-order valence-corrected chi connectivity index (χ0v) is 14.8. The van der Waals surface area contributed by atoms with Crippen LogP contribution in [0.2, 0.25) is 0 Å². The van der Waals surface area contributed by atoms with Gasteiger partial charge in [0.2, 0.25) is 17.6 Å². The first-order chi connectivity index (χ1) is 12.3. The zero-order valence-electron chi connectivity index (χ0n) is 14.0. The van der Waals surface area contributed by atoms with Crippen molar-refractivity contribution in [3.8, 4) is 11.6 Å². The molecule has 0 saturated carbocycles. The van der Waals surface area contributed by atoms with Crippen LogP contribution >= 0.6 is 11.3 Å². The van der Waals surface area contributed by atoms with Gasteiger partial charge in [0.05, 0.1) is 12.3 Å². The van der Waals surface area contributed by atoms with Crippen LogP contribution in [0.1, 0.15) is 42.1 Å². The van der Waals surface area contributed by atoms with Gasteiger partial charge in [0.25, 0.3) is 0 Å². The molecule has 1 aliphatic rings. The van der Waals surface area contributed by atoms with Crippen LogP contribution in [0.3, 0.4) is 0 Å². The molecule has 0 aliphatic carbocycles. The molecular weight excluding hydrogens is 338 g/mol. The number of hydrogen-bond donors (Lipinski definition) is 0. The Labute approximate surface area is 149 Å². The number of aryl methyl sites for hydroxylation is 1. The van der Waals surface area contributed by atoms with Crippen molar-refractivity contribution in [1.29, 1.82) is 0 Å². The van der Waals surface area contributed by atoms with E-state index in [2.05, 4.69) is 28.5 Å². The summed E-state index contributed by atoms with van der Waals surface area (Å²) in [5, 5.41) is 6.02. The van der Waals surface area contributed by atoms with Gasteiger partial charge >= 0.3 is 0 Å². The lowest BCUT2D eigenvalue weighted by Gasteiger charge is -2.35. The monoisotopic (exact) mass is 357 g/mol. The lowest BCUT2D eigenvalue weighted by atomic mass is 9.97. The first kappa shape index (κ1) is 16.1. The normalized spacial score (nSPS) is 16.8. The fourth-order valence-electron chi connectivity index (χ4n) is 3.35. The number of furan rings is 1. The van der Waals surface area contributed by atoms with E-state index < -0.39 is 0 Å². The van der Waals surface area contributed by atoms with Crippen molar-refractivity contribution in [3.05, 3.63) is 46.2 Å². The summed E-state index contributed by atoms with van der Waals surface area (Å²) in [5.41, 5.74) is 1.31. The summed E-state index contributed by atoms with van der Waals surface area (Å²) < 4.78 is 10.5. The molecule has 0 saturated heterocycles. The smallest absolute Gasteiger partial charge is 0.238 e. The second-order valence-electron chi connectivity index (χ2n) is 6.05. The predicted octanol–water partition coefficient (Wildman–Crippen LogP) is 3.86. The number of nitrogens with zero attached hydrogens (tertiary/aromatic N) is 3. The highest BCUT2D eigenvalue weighted by Crippen LogP contribution is 2.35. The molecule has 1 atom stereocenters. The SMILES string of the molecule is CCC1c2ccsc2CCN1C(=O)CCc1nc(-c2ccco2)no1. The Morgan fingerprint density at radius 2 is 2.36 bits per heavy atom. The molecule has 4 heterocycles. The van der Waals surface area contributed by atoms with E-state index in [1.54, 1.807) is 29.7 Å². The van der Waals surface area contributed by atoms with Gasteiger partial charge < -0.3 is 13.8 Å². The van der Waals surface area contributed by atoms with Gasteiger partial charge in [0, 0.05) is 24.3 Å². The molecule has 25 heavy (non-hydrogen) atoms. The average molecular weight is 357 g/mol. The Balaban J connectivity index is 1.41. The molecule has 4 rings (SSSR count). The molecule has 3 aromatic heterocycles. The van der Waals surface area contributed by atoms with Gasteiger partial charge in [-0.25, -0.2) is 0 Å². The minimum absolute atomic E-state index is 0.140. The third-order valence-electron chi connectivity index (χ3n) is 4.56. The van der Waals surface area contributed by atoms with E-state index >= 15 is 0 Å². The van der Waals surface area contributed by atoms with Crippen molar-refractivity contribution in [2.75, 3.05) is 6.54 Å². The number of carbonyl (C=O) groups excluding carboxylic acids is 1. The Morgan fingerprint density at radius 1 is 1.44 bits per heavy atom. The lowest BCUT2D eigenvalue weighted by molar-refractivity contribution is -0.134.